The number of aromatic nitrogens is 3. The second-order valence-electron chi connectivity index (χ2n) is 8.88. The van der Waals surface area contributed by atoms with Gasteiger partial charge in [0.25, 0.3) is 5.91 Å². The maximum atomic E-state index is 12.9. The van der Waals surface area contributed by atoms with Crippen molar-refractivity contribution in [3.05, 3.63) is 103 Å². The molecule has 0 radical (unpaired) electrons. The van der Waals surface area contributed by atoms with Crippen LogP contribution in [0.25, 0.3) is 22.2 Å². The fourth-order valence-corrected chi connectivity index (χ4v) is 4.81. The van der Waals surface area contributed by atoms with Crippen LogP contribution in [0, 0.1) is 0 Å². The third-order valence-corrected chi connectivity index (χ3v) is 6.57. The van der Waals surface area contributed by atoms with Gasteiger partial charge in [-0.2, -0.15) is 5.10 Å². The van der Waals surface area contributed by atoms with E-state index in [-0.39, 0.29) is 11.9 Å². The van der Waals surface area contributed by atoms with Gasteiger partial charge in [-0.1, -0.05) is 36.4 Å². The van der Waals surface area contributed by atoms with Crippen molar-refractivity contribution in [2.45, 2.75) is 12.5 Å². The highest BCUT2D eigenvalue weighted by Crippen LogP contribution is 2.35. The summed E-state index contributed by atoms with van der Waals surface area (Å²) in [5.74, 6) is 2.01. The fraction of sp³-hybridized carbons (Fsp3) is 0.138. The van der Waals surface area contributed by atoms with Crippen molar-refractivity contribution < 1.29 is 9.53 Å². The van der Waals surface area contributed by atoms with Crippen molar-refractivity contribution in [3.8, 4) is 22.8 Å². The Morgan fingerprint density at radius 3 is 2.33 bits per heavy atom. The van der Waals surface area contributed by atoms with E-state index in [0.29, 0.717) is 24.5 Å². The molecule has 3 aromatic carbocycles. The molecular weight excluding hydrogens is 450 g/mol. The van der Waals surface area contributed by atoms with E-state index in [0.717, 1.165) is 40.1 Å². The van der Waals surface area contributed by atoms with Gasteiger partial charge in [0.2, 0.25) is 0 Å². The van der Waals surface area contributed by atoms with E-state index in [9.17, 15) is 4.79 Å². The molecule has 0 bridgehead atoms. The van der Waals surface area contributed by atoms with Gasteiger partial charge in [0.15, 0.2) is 5.82 Å². The van der Waals surface area contributed by atoms with Crippen molar-refractivity contribution in [1.29, 1.82) is 0 Å². The quantitative estimate of drug-likeness (QED) is 0.360. The molecule has 36 heavy (non-hydrogen) atoms. The van der Waals surface area contributed by atoms with Crippen molar-refractivity contribution in [2.24, 2.45) is 0 Å². The van der Waals surface area contributed by atoms with Crippen LogP contribution in [0.1, 0.15) is 22.8 Å². The molecule has 0 saturated carbocycles. The van der Waals surface area contributed by atoms with Crippen LogP contribution in [-0.2, 0) is 0 Å². The van der Waals surface area contributed by atoms with Crippen LogP contribution in [0.15, 0.2) is 97.2 Å². The molecule has 1 aliphatic rings. The number of para-hydroxylation sites is 1. The molecule has 0 spiro atoms. The van der Waals surface area contributed by atoms with Gasteiger partial charge < -0.3 is 15.4 Å². The summed E-state index contributed by atoms with van der Waals surface area (Å²) in [5.41, 5.74) is 9.75. The SMILES string of the molecule is Nc1nn(C2CCN(C(=O)c3ccccc3)C2)c2ccnc(-c3ccc(Oc4ccccc4)cc3)c12. The Bertz CT molecular complexity index is 1510. The first-order valence-corrected chi connectivity index (χ1v) is 12.0. The molecule has 1 saturated heterocycles. The predicted octanol–water partition coefficient (Wildman–Crippen LogP) is 5.56. The Morgan fingerprint density at radius 1 is 0.889 bits per heavy atom. The summed E-state index contributed by atoms with van der Waals surface area (Å²) in [6, 6.07) is 28.9. The Balaban J connectivity index is 1.27. The third-order valence-electron chi connectivity index (χ3n) is 6.57. The summed E-state index contributed by atoms with van der Waals surface area (Å²) in [4.78, 5) is 19.4. The molecule has 178 valence electrons. The minimum Gasteiger partial charge on any atom is -0.457 e. The smallest absolute Gasteiger partial charge is 0.253 e. The highest BCUT2D eigenvalue weighted by Gasteiger charge is 2.30. The number of carbonyl (C=O) groups excluding carboxylic acids is 1. The number of nitrogens with two attached hydrogens (primary N) is 1. The molecule has 7 nitrogen and oxygen atoms in total. The van der Waals surface area contributed by atoms with Crippen LogP contribution in [0.3, 0.4) is 0 Å². The molecule has 6 rings (SSSR count). The number of anilines is 1. The zero-order valence-electron chi connectivity index (χ0n) is 19.6. The van der Waals surface area contributed by atoms with E-state index in [1.807, 2.05) is 101 Å². The van der Waals surface area contributed by atoms with E-state index >= 15 is 0 Å². The molecule has 5 aromatic rings. The minimum atomic E-state index is 0.0442. The van der Waals surface area contributed by atoms with Gasteiger partial charge in [0, 0.05) is 30.4 Å². The van der Waals surface area contributed by atoms with Gasteiger partial charge >= 0.3 is 0 Å². The molecule has 1 atom stereocenters. The topological polar surface area (TPSA) is 86.3 Å². The van der Waals surface area contributed by atoms with Crippen LogP contribution in [0.4, 0.5) is 5.82 Å². The molecule has 2 N–H and O–H groups in total. The fourth-order valence-electron chi connectivity index (χ4n) is 4.81. The van der Waals surface area contributed by atoms with Gasteiger partial charge in [-0.3, -0.25) is 14.5 Å². The number of nitrogen functional groups attached to an aromatic ring is 1. The molecule has 2 aromatic heterocycles. The lowest BCUT2D eigenvalue weighted by atomic mass is 10.1. The Kier molecular flexibility index (Phi) is 5.58. The number of rotatable bonds is 5. The summed E-state index contributed by atoms with van der Waals surface area (Å²) in [7, 11) is 0. The molecule has 7 heteroatoms. The maximum Gasteiger partial charge on any atom is 0.253 e. The van der Waals surface area contributed by atoms with Crippen LogP contribution in [-0.4, -0.2) is 38.7 Å². The molecule has 0 aliphatic carbocycles. The monoisotopic (exact) mass is 475 g/mol. The zero-order valence-corrected chi connectivity index (χ0v) is 19.6. The van der Waals surface area contributed by atoms with E-state index in [1.54, 1.807) is 6.20 Å². The van der Waals surface area contributed by atoms with E-state index in [2.05, 4.69) is 10.1 Å². The average molecular weight is 476 g/mol. The third kappa shape index (κ3) is 4.05. The van der Waals surface area contributed by atoms with Crippen LogP contribution in [0.5, 0.6) is 11.5 Å². The van der Waals surface area contributed by atoms with Crippen LogP contribution in [0.2, 0.25) is 0 Å². The molecule has 1 aliphatic heterocycles. The number of carbonyl (C=O) groups is 1. The first kappa shape index (κ1) is 21.9. The van der Waals surface area contributed by atoms with Crippen LogP contribution >= 0.6 is 0 Å². The van der Waals surface area contributed by atoms with Crippen molar-refractivity contribution in [1.82, 2.24) is 19.7 Å². The van der Waals surface area contributed by atoms with E-state index < -0.39 is 0 Å². The Hall–Kier alpha value is -4.65. The average Bonchev–Trinajstić information content (AvgIpc) is 3.55. The highest BCUT2D eigenvalue weighted by atomic mass is 16.5. The number of nitrogens with zero attached hydrogens (tertiary/aromatic N) is 4. The molecule has 1 unspecified atom stereocenters. The number of hydrogen-bond donors (Lipinski definition) is 1. The largest absolute Gasteiger partial charge is 0.457 e. The number of amides is 1. The Labute approximate surface area is 208 Å². The highest BCUT2D eigenvalue weighted by molar-refractivity contribution is 6.00. The van der Waals surface area contributed by atoms with E-state index in [1.165, 1.54) is 0 Å². The summed E-state index contributed by atoms with van der Waals surface area (Å²) >= 11 is 0. The molecule has 1 amide bonds. The summed E-state index contributed by atoms with van der Waals surface area (Å²) < 4.78 is 7.88. The van der Waals surface area contributed by atoms with Crippen LogP contribution < -0.4 is 10.5 Å². The lowest BCUT2D eigenvalue weighted by Gasteiger charge is -2.17. The van der Waals surface area contributed by atoms with Crippen molar-refractivity contribution in [3.63, 3.8) is 0 Å². The first-order chi connectivity index (χ1) is 17.7. The second-order valence-corrected chi connectivity index (χ2v) is 8.88. The summed E-state index contributed by atoms with van der Waals surface area (Å²) in [5, 5.41) is 5.51. The lowest BCUT2D eigenvalue weighted by Crippen LogP contribution is -2.29. The first-order valence-electron chi connectivity index (χ1n) is 12.0. The standard InChI is InChI=1S/C29H25N5O2/c30-28-26-25(34(32-28)22-16-18-33(19-22)29(35)21-7-3-1-4-8-21)15-17-31-27(26)20-11-13-24(14-12-20)36-23-9-5-2-6-10-23/h1-15,17,22H,16,18-19H2,(H2,30,32). The number of benzene rings is 3. The van der Waals surface area contributed by atoms with Crippen molar-refractivity contribution >= 4 is 22.6 Å². The van der Waals surface area contributed by atoms with E-state index in [4.69, 9.17) is 10.5 Å². The number of likely N-dealkylation sites (tertiary alicyclic amines) is 1. The Morgan fingerprint density at radius 2 is 1.58 bits per heavy atom. The number of ether oxygens (including phenoxy) is 1. The zero-order chi connectivity index (χ0) is 24.5. The van der Waals surface area contributed by atoms with Crippen molar-refractivity contribution in [2.75, 3.05) is 18.8 Å². The maximum absolute atomic E-state index is 12.9. The van der Waals surface area contributed by atoms with Gasteiger partial charge in [0.05, 0.1) is 22.6 Å². The molecule has 1 fully saturated rings. The van der Waals surface area contributed by atoms with Gasteiger partial charge in [-0.05, 0) is 61.0 Å². The normalized spacial score (nSPS) is 15.3. The number of fused-ring (bicyclic) bond motifs is 1. The van der Waals surface area contributed by atoms with Gasteiger partial charge in [-0.15, -0.1) is 0 Å². The molecule has 3 heterocycles. The summed E-state index contributed by atoms with van der Waals surface area (Å²) in [6.07, 6.45) is 2.60. The minimum absolute atomic E-state index is 0.0442. The second kappa shape index (κ2) is 9.19. The number of pyridine rings is 1. The van der Waals surface area contributed by atoms with Gasteiger partial charge in [-0.25, -0.2) is 0 Å². The van der Waals surface area contributed by atoms with Gasteiger partial charge in [0.1, 0.15) is 11.5 Å². The summed E-state index contributed by atoms with van der Waals surface area (Å²) in [6.45, 7) is 1.27. The lowest BCUT2D eigenvalue weighted by molar-refractivity contribution is 0.0787. The predicted molar refractivity (Wildman–Crippen MR) is 140 cm³/mol. The number of hydrogen-bond acceptors (Lipinski definition) is 5. The molecular formula is C29H25N5O2.